The van der Waals surface area contributed by atoms with E-state index in [1.165, 1.54) is 0 Å². The summed E-state index contributed by atoms with van der Waals surface area (Å²) in [6.45, 7) is 6.35. The fraction of sp³-hybridized carbons (Fsp3) is 0.444. The Balaban J connectivity index is 2.28. The molecule has 1 heterocycles. The third-order valence-corrected chi connectivity index (χ3v) is 3.93. The van der Waals surface area contributed by atoms with Gasteiger partial charge in [0.1, 0.15) is 5.82 Å². The molecule has 0 radical (unpaired) electrons. The van der Waals surface area contributed by atoms with Gasteiger partial charge < -0.3 is 10.4 Å². The van der Waals surface area contributed by atoms with Crippen LogP contribution >= 0.6 is 0 Å². The summed E-state index contributed by atoms with van der Waals surface area (Å²) >= 11 is 0. The fourth-order valence-electron chi connectivity index (χ4n) is 2.59. The first-order valence-corrected chi connectivity index (χ1v) is 8.12. The number of hydrogen-bond acceptors (Lipinski definition) is 3. The third-order valence-electron chi connectivity index (χ3n) is 3.93. The van der Waals surface area contributed by atoms with Gasteiger partial charge in [0.05, 0.1) is 18.8 Å². The van der Waals surface area contributed by atoms with Crippen LogP contribution in [0.1, 0.15) is 32.3 Å². The maximum absolute atomic E-state index is 12.3. The summed E-state index contributed by atoms with van der Waals surface area (Å²) in [5.41, 5.74) is 2.95. The van der Waals surface area contributed by atoms with Crippen molar-refractivity contribution in [2.75, 3.05) is 11.9 Å². The Morgan fingerprint density at radius 3 is 2.78 bits per heavy atom. The van der Waals surface area contributed by atoms with Crippen molar-refractivity contribution in [3.63, 3.8) is 0 Å². The highest BCUT2D eigenvalue weighted by Gasteiger charge is 2.16. The van der Waals surface area contributed by atoms with Crippen LogP contribution in [0.4, 0.5) is 5.82 Å². The maximum atomic E-state index is 12.3. The number of nitrogens with zero attached hydrogens (tertiary/aromatic N) is 2. The predicted molar refractivity (Wildman–Crippen MR) is 92.2 cm³/mol. The number of carbonyl (C=O) groups is 1. The number of benzene rings is 1. The summed E-state index contributed by atoms with van der Waals surface area (Å²) in [6, 6.07) is 9.86. The van der Waals surface area contributed by atoms with Crippen molar-refractivity contribution >= 4 is 11.7 Å². The smallest absolute Gasteiger partial charge is 0.228 e. The monoisotopic (exact) mass is 315 g/mol. The molecular weight excluding hydrogens is 290 g/mol. The van der Waals surface area contributed by atoms with Crippen molar-refractivity contribution in [1.82, 2.24) is 9.78 Å². The van der Waals surface area contributed by atoms with Crippen LogP contribution in [0.3, 0.4) is 0 Å². The van der Waals surface area contributed by atoms with Crippen LogP contribution in [-0.4, -0.2) is 27.4 Å². The van der Waals surface area contributed by atoms with Crippen molar-refractivity contribution in [2.45, 2.75) is 40.2 Å². The minimum absolute atomic E-state index is 0.0118. The van der Waals surface area contributed by atoms with E-state index in [2.05, 4.69) is 17.3 Å². The van der Waals surface area contributed by atoms with Crippen LogP contribution in [0, 0.1) is 12.8 Å². The Hall–Kier alpha value is -2.14. The van der Waals surface area contributed by atoms with Gasteiger partial charge in [0.2, 0.25) is 5.91 Å². The number of hydrogen-bond donors (Lipinski definition) is 2. The number of amides is 1. The lowest BCUT2D eigenvalue weighted by molar-refractivity contribution is -0.119. The molecule has 2 rings (SSSR count). The highest BCUT2D eigenvalue weighted by molar-refractivity contribution is 5.92. The number of nitrogens with one attached hydrogen (secondary N) is 1. The summed E-state index contributed by atoms with van der Waals surface area (Å²) < 4.78 is 1.65. The lowest BCUT2D eigenvalue weighted by Gasteiger charge is -2.12. The van der Waals surface area contributed by atoms with E-state index in [0.29, 0.717) is 12.4 Å². The van der Waals surface area contributed by atoms with Crippen molar-refractivity contribution in [3.8, 4) is 11.3 Å². The molecule has 0 saturated heterocycles. The molecule has 2 aromatic rings. The zero-order chi connectivity index (χ0) is 16.8. The van der Waals surface area contributed by atoms with Gasteiger partial charge in [-0.3, -0.25) is 4.79 Å². The van der Waals surface area contributed by atoms with Crippen LogP contribution in [0.2, 0.25) is 0 Å². The number of anilines is 1. The maximum Gasteiger partial charge on any atom is 0.228 e. The number of aromatic nitrogens is 2. The first kappa shape index (κ1) is 17.2. The first-order valence-electron chi connectivity index (χ1n) is 8.12. The van der Waals surface area contributed by atoms with Crippen LogP contribution in [0.15, 0.2) is 30.3 Å². The molecule has 1 aromatic carbocycles. The highest BCUT2D eigenvalue weighted by atomic mass is 16.3. The number of aliphatic hydroxyl groups excluding tert-OH is 1. The van der Waals surface area contributed by atoms with Crippen molar-refractivity contribution < 1.29 is 9.90 Å². The molecular formula is C18H25N3O2. The van der Waals surface area contributed by atoms with E-state index in [1.807, 2.05) is 44.2 Å². The average Bonchev–Trinajstić information content (AvgIpc) is 2.91. The number of carbonyl (C=O) groups excluding carboxylic acids is 1. The molecule has 0 saturated carbocycles. The van der Waals surface area contributed by atoms with Gasteiger partial charge >= 0.3 is 0 Å². The topological polar surface area (TPSA) is 67.2 Å². The summed E-state index contributed by atoms with van der Waals surface area (Å²) in [7, 11) is 0. The minimum Gasteiger partial charge on any atom is -0.394 e. The Bertz CT molecular complexity index is 664. The SMILES string of the molecule is CCCC(C)C(=O)Nc1cc(-c2ccccc2C)nn1CCO. The second kappa shape index (κ2) is 7.92. The second-order valence-electron chi connectivity index (χ2n) is 5.86. The van der Waals surface area contributed by atoms with Gasteiger partial charge in [-0.1, -0.05) is 44.5 Å². The Morgan fingerprint density at radius 2 is 2.13 bits per heavy atom. The molecule has 0 fully saturated rings. The Labute approximate surface area is 137 Å². The molecule has 23 heavy (non-hydrogen) atoms. The molecule has 0 aliphatic carbocycles. The lowest BCUT2D eigenvalue weighted by Crippen LogP contribution is -2.22. The summed E-state index contributed by atoms with van der Waals surface area (Å²) in [5.74, 6) is 0.576. The fourth-order valence-corrected chi connectivity index (χ4v) is 2.59. The second-order valence-corrected chi connectivity index (χ2v) is 5.86. The molecule has 0 aliphatic rings. The number of aliphatic hydroxyl groups is 1. The molecule has 5 nitrogen and oxygen atoms in total. The van der Waals surface area contributed by atoms with Gasteiger partial charge in [-0.25, -0.2) is 4.68 Å². The molecule has 0 aliphatic heterocycles. The van der Waals surface area contributed by atoms with E-state index in [9.17, 15) is 9.90 Å². The van der Waals surface area contributed by atoms with E-state index in [1.54, 1.807) is 4.68 Å². The van der Waals surface area contributed by atoms with Crippen LogP contribution in [-0.2, 0) is 11.3 Å². The minimum atomic E-state index is -0.0422. The zero-order valence-electron chi connectivity index (χ0n) is 14.0. The quantitative estimate of drug-likeness (QED) is 0.824. The van der Waals surface area contributed by atoms with Gasteiger partial charge in [0.15, 0.2) is 0 Å². The van der Waals surface area contributed by atoms with Crippen LogP contribution < -0.4 is 5.32 Å². The molecule has 1 unspecified atom stereocenters. The molecule has 2 N–H and O–H groups in total. The summed E-state index contributed by atoms with van der Waals surface area (Å²) in [5, 5.41) is 16.7. The molecule has 0 bridgehead atoms. The van der Waals surface area contributed by atoms with Gasteiger partial charge in [-0.05, 0) is 18.9 Å². The first-order chi connectivity index (χ1) is 11.1. The van der Waals surface area contributed by atoms with Gasteiger partial charge in [-0.2, -0.15) is 5.10 Å². The molecule has 1 aromatic heterocycles. The van der Waals surface area contributed by atoms with Gasteiger partial charge in [-0.15, -0.1) is 0 Å². The average molecular weight is 315 g/mol. The number of aryl methyl sites for hydroxylation is 1. The van der Waals surface area contributed by atoms with Crippen LogP contribution in [0.5, 0.6) is 0 Å². The predicted octanol–water partition coefficient (Wildman–Crippen LogP) is 3.23. The Morgan fingerprint density at radius 1 is 1.39 bits per heavy atom. The van der Waals surface area contributed by atoms with Crippen molar-refractivity contribution in [3.05, 3.63) is 35.9 Å². The van der Waals surface area contributed by atoms with E-state index >= 15 is 0 Å². The third kappa shape index (κ3) is 4.20. The standard InChI is InChI=1S/C18H25N3O2/c1-4-7-14(3)18(23)19-17-12-16(20-21(17)10-11-22)15-9-6-5-8-13(15)2/h5-6,8-9,12,14,22H,4,7,10-11H2,1-3H3,(H,19,23). The Kier molecular flexibility index (Phi) is 5.93. The lowest BCUT2D eigenvalue weighted by atomic mass is 10.1. The molecule has 0 spiro atoms. The highest BCUT2D eigenvalue weighted by Crippen LogP contribution is 2.25. The number of rotatable bonds is 7. The van der Waals surface area contributed by atoms with E-state index in [0.717, 1.165) is 29.7 Å². The summed E-state index contributed by atoms with van der Waals surface area (Å²) in [6.07, 6.45) is 1.82. The molecule has 5 heteroatoms. The molecule has 124 valence electrons. The largest absolute Gasteiger partial charge is 0.394 e. The van der Waals surface area contributed by atoms with E-state index in [-0.39, 0.29) is 18.4 Å². The van der Waals surface area contributed by atoms with Gasteiger partial charge in [0.25, 0.3) is 0 Å². The zero-order valence-corrected chi connectivity index (χ0v) is 14.0. The van der Waals surface area contributed by atoms with Crippen molar-refractivity contribution in [1.29, 1.82) is 0 Å². The molecule has 1 amide bonds. The molecule has 1 atom stereocenters. The van der Waals surface area contributed by atoms with Crippen LogP contribution in [0.25, 0.3) is 11.3 Å². The van der Waals surface area contributed by atoms with Gasteiger partial charge in [0, 0.05) is 17.5 Å². The van der Waals surface area contributed by atoms with E-state index < -0.39 is 0 Å². The normalized spacial score (nSPS) is 12.2. The summed E-state index contributed by atoms with van der Waals surface area (Å²) in [4.78, 5) is 12.3. The van der Waals surface area contributed by atoms with Crippen molar-refractivity contribution in [2.24, 2.45) is 5.92 Å². The van der Waals surface area contributed by atoms with E-state index in [4.69, 9.17) is 0 Å².